The van der Waals surface area contributed by atoms with Crippen LogP contribution >= 0.6 is 0 Å². The van der Waals surface area contributed by atoms with Gasteiger partial charge < -0.3 is 14.6 Å². The Kier molecular flexibility index (Phi) is 5.45. The lowest BCUT2D eigenvalue weighted by Crippen LogP contribution is -2.39. The fourth-order valence-electron chi connectivity index (χ4n) is 2.72. The minimum absolute atomic E-state index is 0.240. The maximum atomic E-state index is 12.4. The number of amides is 1. The Morgan fingerprint density at radius 3 is 2.89 bits per heavy atom. The molecular weight excluding hydrogens is 240 g/mol. The van der Waals surface area contributed by atoms with E-state index in [0.717, 1.165) is 31.7 Å². The van der Waals surface area contributed by atoms with Crippen molar-refractivity contribution >= 4 is 5.91 Å². The molecule has 0 saturated heterocycles. The largest absolute Gasteiger partial charge is 0.467 e. The van der Waals surface area contributed by atoms with Crippen LogP contribution in [0.2, 0.25) is 0 Å². The van der Waals surface area contributed by atoms with Gasteiger partial charge in [0.2, 0.25) is 5.91 Å². The van der Waals surface area contributed by atoms with E-state index in [1.54, 1.807) is 6.26 Å². The van der Waals surface area contributed by atoms with Gasteiger partial charge in [-0.25, -0.2) is 0 Å². The van der Waals surface area contributed by atoms with Gasteiger partial charge in [-0.05, 0) is 31.5 Å². The minimum Gasteiger partial charge on any atom is -0.467 e. The lowest BCUT2D eigenvalue weighted by molar-refractivity contribution is -0.134. The van der Waals surface area contributed by atoms with Crippen molar-refractivity contribution in [3.63, 3.8) is 0 Å². The summed E-state index contributed by atoms with van der Waals surface area (Å²) in [5.41, 5.74) is 0. The number of rotatable bonds is 7. The van der Waals surface area contributed by atoms with E-state index in [0.29, 0.717) is 19.0 Å². The molecule has 1 aromatic rings. The predicted molar refractivity (Wildman–Crippen MR) is 74.7 cm³/mol. The van der Waals surface area contributed by atoms with Crippen LogP contribution in [-0.2, 0) is 11.3 Å². The van der Waals surface area contributed by atoms with Gasteiger partial charge >= 0.3 is 0 Å². The van der Waals surface area contributed by atoms with Crippen molar-refractivity contribution in [3.8, 4) is 0 Å². The minimum atomic E-state index is 0.240. The predicted octanol–water partition coefficient (Wildman–Crippen LogP) is 2.55. The maximum absolute atomic E-state index is 12.4. The molecule has 1 amide bonds. The molecule has 0 spiro atoms. The fraction of sp³-hybridized carbons (Fsp3) is 0.667. The van der Waals surface area contributed by atoms with Crippen molar-refractivity contribution in [3.05, 3.63) is 24.2 Å². The normalized spacial score (nSPS) is 15.8. The van der Waals surface area contributed by atoms with Gasteiger partial charge in [-0.2, -0.15) is 0 Å². The topological polar surface area (TPSA) is 45.5 Å². The van der Waals surface area contributed by atoms with Crippen LogP contribution in [0, 0.1) is 0 Å². The third-order valence-electron chi connectivity index (χ3n) is 3.76. The monoisotopic (exact) mass is 264 g/mol. The van der Waals surface area contributed by atoms with Crippen LogP contribution in [0.4, 0.5) is 0 Å². The van der Waals surface area contributed by atoms with Crippen molar-refractivity contribution in [1.82, 2.24) is 10.2 Å². The maximum Gasteiger partial charge on any atom is 0.224 e. The number of hydrogen-bond donors (Lipinski definition) is 1. The molecular formula is C15H24N2O2. The lowest BCUT2D eigenvalue weighted by atomic mass is 10.2. The number of carbonyl (C=O) groups is 1. The van der Waals surface area contributed by atoms with E-state index < -0.39 is 0 Å². The Labute approximate surface area is 115 Å². The molecule has 4 nitrogen and oxygen atoms in total. The van der Waals surface area contributed by atoms with E-state index in [1.165, 1.54) is 12.8 Å². The van der Waals surface area contributed by atoms with Crippen molar-refractivity contribution < 1.29 is 9.21 Å². The second-order valence-corrected chi connectivity index (χ2v) is 5.14. The molecule has 1 saturated carbocycles. The zero-order valence-electron chi connectivity index (χ0n) is 11.7. The van der Waals surface area contributed by atoms with Gasteiger partial charge in [0.1, 0.15) is 5.76 Å². The van der Waals surface area contributed by atoms with Gasteiger partial charge in [-0.15, -0.1) is 0 Å². The van der Waals surface area contributed by atoms with Gasteiger partial charge in [0.15, 0.2) is 0 Å². The molecule has 1 heterocycles. The first-order chi connectivity index (χ1) is 9.31. The highest BCUT2D eigenvalue weighted by Crippen LogP contribution is 2.25. The van der Waals surface area contributed by atoms with E-state index in [2.05, 4.69) is 12.2 Å². The highest BCUT2D eigenvalue weighted by atomic mass is 16.3. The number of carbonyl (C=O) groups excluding carboxylic acids is 1. The summed E-state index contributed by atoms with van der Waals surface area (Å²) in [5.74, 6) is 1.12. The summed E-state index contributed by atoms with van der Waals surface area (Å²) in [6.45, 7) is 4.34. The average molecular weight is 264 g/mol. The summed E-state index contributed by atoms with van der Waals surface area (Å²) in [7, 11) is 0. The summed E-state index contributed by atoms with van der Waals surface area (Å²) < 4.78 is 5.39. The van der Waals surface area contributed by atoms with Crippen LogP contribution in [0.25, 0.3) is 0 Å². The SMILES string of the molecule is CCNCCC(=O)N(Cc1ccco1)C1CCCC1. The number of hydrogen-bond acceptors (Lipinski definition) is 3. The van der Waals surface area contributed by atoms with Crippen LogP contribution < -0.4 is 5.32 Å². The molecule has 1 N–H and O–H groups in total. The first-order valence-electron chi connectivity index (χ1n) is 7.34. The lowest BCUT2D eigenvalue weighted by Gasteiger charge is -2.28. The highest BCUT2D eigenvalue weighted by molar-refractivity contribution is 5.76. The zero-order valence-corrected chi connectivity index (χ0v) is 11.7. The molecule has 106 valence electrons. The van der Waals surface area contributed by atoms with E-state index in [4.69, 9.17) is 4.42 Å². The Morgan fingerprint density at radius 2 is 2.26 bits per heavy atom. The van der Waals surface area contributed by atoms with Crippen molar-refractivity contribution in [2.75, 3.05) is 13.1 Å². The van der Waals surface area contributed by atoms with Gasteiger partial charge in [0.25, 0.3) is 0 Å². The molecule has 1 aliphatic carbocycles. The average Bonchev–Trinajstić information content (AvgIpc) is 3.09. The Balaban J connectivity index is 1.94. The first kappa shape index (κ1) is 14.1. The molecule has 0 atom stereocenters. The third kappa shape index (κ3) is 4.10. The standard InChI is InChI=1S/C15H24N2O2/c1-2-16-10-9-15(18)17(13-6-3-4-7-13)12-14-8-5-11-19-14/h5,8,11,13,16H,2-4,6-7,9-10,12H2,1H3. The molecule has 4 heteroatoms. The quantitative estimate of drug-likeness (QED) is 0.770. The molecule has 0 aromatic carbocycles. The highest BCUT2D eigenvalue weighted by Gasteiger charge is 2.26. The second kappa shape index (κ2) is 7.34. The fourth-order valence-corrected chi connectivity index (χ4v) is 2.72. The smallest absolute Gasteiger partial charge is 0.224 e. The van der Waals surface area contributed by atoms with Crippen LogP contribution in [0.3, 0.4) is 0 Å². The van der Waals surface area contributed by atoms with Crippen LogP contribution in [0.15, 0.2) is 22.8 Å². The van der Waals surface area contributed by atoms with Gasteiger partial charge in [-0.3, -0.25) is 4.79 Å². The van der Waals surface area contributed by atoms with Crippen LogP contribution in [-0.4, -0.2) is 29.9 Å². The van der Waals surface area contributed by atoms with E-state index in [-0.39, 0.29) is 5.91 Å². The molecule has 19 heavy (non-hydrogen) atoms. The van der Waals surface area contributed by atoms with E-state index in [9.17, 15) is 4.79 Å². The zero-order chi connectivity index (χ0) is 13.5. The summed E-state index contributed by atoms with van der Waals surface area (Å²) >= 11 is 0. The molecule has 0 unspecified atom stereocenters. The van der Waals surface area contributed by atoms with Crippen molar-refractivity contribution in [2.24, 2.45) is 0 Å². The number of nitrogens with zero attached hydrogens (tertiary/aromatic N) is 1. The molecule has 2 rings (SSSR count). The second-order valence-electron chi connectivity index (χ2n) is 5.14. The van der Waals surface area contributed by atoms with E-state index >= 15 is 0 Å². The Hall–Kier alpha value is -1.29. The Bertz CT molecular complexity index is 370. The number of nitrogens with one attached hydrogen (secondary N) is 1. The van der Waals surface area contributed by atoms with Crippen LogP contribution in [0.1, 0.15) is 44.8 Å². The van der Waals surface area contributed by atoms with Gasteiger partial charge in [0, 0.05) is 19.0 Å². The van der Waals surface area contributed by atoms with Gasteiger partial charge in [-0.1, -0.05) is 19.8 Å². The summed E-state index contributed by atoms with van der Waals surface area (Å²) in [6, 6.07) is 4.23. The van der Waals surface area contributed by atoms with Crippen molar-refractivity contribution in [2.45, 2.75) is 51.6 Å². The van der Waals surface area contributed by atoms with Gasteiger partial charge in [0.05, 0.1) is 12.8 Å². The van der Waals surface area contributed by atoms with Crippen molar-refractivity contribution in [1.29, 1.82) is 0 Å². The number of furan rings is 1. The Morgan fingerprint density at radius 1 is 1.47 bits per heavy atom. The molecule has 1 aromatic heterocycles. The molecule has 0 bridgehead atoms. The summed E-state index contributed by atoms with van der Waals surface area (Å²) in [4.78, 5) is 14.4. The molecule has 1 aliphatic rings. The van der Waals surface area contributed by atoms with Crippen LogP contribution in [0.5, 0.6) is 0 Å². The first-order valence-corrected chi connectivity index (χ1v) is 7.34. The molecule has 0 aliphatic heterocycles. The molecule has 0 radical (unpaired) electrons. The summed E-state index contributed by atoms with van der Waals surface area (Å²) in [6.07, 6.45) is 6.98. The molecule has 1 fully saturated rings. The van der Waals surface area contributed by atoms with E-state index in [1.807, 2.05) is 17.0 Å². The third-order valence-corrected chi connectivity index (χ3v) is 3.76. The summed E-state index contributed by atoms with van der Waals surface area (Å²) in [5, 5.41) is 3.21.